The van der Waals surface area contributed by atoms with E-state index in [1.807, 2.05) is 0 Å². The maximum atomic E-state index is 14.1. The average molecular weight is 491 g/mol. The molecule has 0 fully saturated rings. The standard InChI is InChI=1S/C22H20F2N4O3S2/c23-16-7-9-17(10-8-16)33(30,31)15-2-6-20(29)28(14-13-27-12-3-11-25-27)22-26-21-18(24)4-1-5-19(21)32-22/h1,3-5,7-12H,2,6,13-15H2. The fraction of sp³-hybridized carbons (Fsp3) is 0.227. The van der Waals surface area contributed by atoms with Gasteiger partial charge in [0, 0.05) is 25.4 Å². The molecule has 2 aromatic carbocycles. The summed E-state index contributed by atoms with van der Waals surface area (Å²) in [6.45, 7) is 0.637. The predicted molar refractivity (Wildman–Crippen MR) is 122 cm³/mol. The van der Waals surface area contributed by atoms with Crippen molar-refractivity contribution in [1.29, 1.82) is 0 Å². The van der Waals surface area contributed by atoms with E-state index in [9.17, 15) is 22.0 Å². The third kappa shape index (κ3) is 5.42. The molecule has 2 aromatic heterocycles. The molecule has 0 unspecified atom stereocenters. The van der Waals surface area contributed by atoms with Crippen LogP contribution in [0.15, 0.2) is 65.8 Å². The molecule has 33 heavy (non-hydrogen) atoms. The molecule has 0 atom stereocenters. The van der Waals surface area contributed by atoms with Crippen molar-refractivity contribution >= 4 is 42.4 Å². The van der Waals surface area contributed by atoms with Crippen molar-refractivity contribution in [3.8, 4) is 0 Å². The summed E-state index contributed by atoms with van der Waals surface area (Å²) < 4.78 is 54.5. The Kier molecular flexibility index (Phi) is 6.80. The van der Waals surface area contributed by atoms with Crippen molar-refractivity contribution in [2.75, 3.05) is 17.2 Å². The molecular weight excluding hydrogens is 470 g/mol. The van der Waals surface area contributed by atoms with Crippen molar-refractivity contribution in [1.82, 2.24) is 14.8 Å². The van der Waals surface area contributed by atoms with Crippen LogP contribution in [-0.2, 0) is 21.2 Å². The molecule has 0 spiro atoms. The summed E-state index contributed by atoms with van der Waals surface area (Å²) >= 11 is 1.19. The van der Waals surface area contributed by atoms with Gasteiger partial charge in [0.25, 0.3) is 0 Å². The highest BCUT2D eigenvalue weighted by molar-refractivity contribution is 7.91. The number of carbonyl (C=O) groups excluding carboxylic acids is 1. The highest BCUT2D eigenvalue weighted by atomic mass is 32.2. The summed E-state index contributed by atoms with van der Waals surface area (Å²) in [6.07, 6.45) is 3.42. The van der Waals surface area contributed by atoms with Crippen LogP contribution in [0.1, 0.15) is 12.8 Å². The van der Waals surface area contributed by atoms with Gasteiger partial charge in [-0.1, -0.05) is 17.4 Å². The van der Waals surface area contributed by atoms with Gasteiger partial charge in [0.2, 0.25) is 5.91 Å². The van der Waals surface area contributed by atoms with E-state index in [4.69, 9.17) is 0 Å². The first-order valence-electron chi connectivity index (χ1n) is 10.1. The monoisotopic (exact) mass is 490 g/mol. The number of benzene rings is 2. The summed E-state index contributed by atoms with van der Waals surface area (Å²) in [5.41, 5.74) is 0.188. The first-order chi connectivity index (χ1) is 15.8. The number of aromatic nitrogens is 3. The van der Waals surface area contributed by atoms with Crippen LogP contribution in [0.2, 0.25) is 0 Å². The molecule has 0 aliphatic carbocycles. The number of thiazole rings is 1. The maximum Gasteiger partial charge on any atom is 0.228 e. The third-order valence-electron chi connectivity index (χ3n) is 4.98. The number of fused-ring (bicyclic) bond motifs is 1. The topological polar surface area (TPSA) is 85.2 Å². The zero-order valence-corrected chi connectivity index (χ0v) is 19.0. The van der Waals surface area contributed by atoms with Crippen LogP contribution in [0.25, 0.3) is 10.2 Å². The lowest BCUT2D eigenvalue weighted by Crippen LogP contribution is -2.34. The highest BCUT2D eigenvalue weighted by Gasteiger charge is 2.22. The normalized spacial score (nSPS) is 11.7. The average Bonchev–Trinajstić information content (AvgIpc) is 3.45. The Morgan fingerprint density at radius 2 is 1.88 bits per heavy atom. The number of hydrogen-bond acceptors (Lipinski definition) is 6. The van der Waals surface area contributed by atoms with Crippen LogP contribution in [-0.4, -0.2) is 41.4 Å². The zero-order valence-electron chi connectivity index (χ0n) is 17.4. The van der Waals surface area contributed by atoms with E-state index in [-0.39, 0.29) is 41.5 Å². The van der Waals surface area contributed by atoms with E-state index in [2.05, 4.69) is 10.1 Å². The van der Waals surface area contributed by atoms with Gasteiger partial charge in [-0.05, 0) is 48.9 Å². The van der Waals surface area contributed by atoms with Crippen LogP contribution >= 0.6 is 11.3 Å². The molecule has 4 aromatic rings. The molecule has 0 aliphatic rings. The molecule has 0 radical (unpaired) electrons. The zero-order chi connectivity index (χ0) is 23.4. The molecule has 0 saturated carbocycles. The van der Waals surface area contributed by atoms with Gasteiger partial charge in [0.1, 0.15) is 17.2 Å². The summed E-state index contributed by atoms with van der Waals surface area (Å²) in [5, 5.41) is 4.47. The molecule has 4 rings (SSSR count). The summed E-state index contributed by atoms with van der Waals surface area (Å²) in [4.78, 5) is 18.8. The number of sulfone groups is 1. The first kappa shape index (κ1) is 23.0. The van der Waals surface area contributed by atoms with Gasteiger partial charge >= 0.3 is 0 Å². The van der Waals surface area contributed by atoms with E-state index in [0.29, 0.717) is 16.4 Å². The van der Waals surface area contributed by atoms with Gasteiger partial charge in [0.15, 0.2) is 15.0 Å². The molecule has 0 N–H and O–H groups in total. The van der Waals surface area contributed by atoms with Crippen molar-refractivity contribution in [3.63, 3.8) is 0 Å². The number of anilines is 1. The van der Waals surface area contributed by atoms with Crippen LogP contribution in [0, 0.1) is 11.6 Å². The predicted octanol–water partition coefficient (Wildman–Crippen LogP) is 4.06. The van der Waals surface area contributed by atoms with E-state index in [0.717, 1.165) is 12.1 Å². The van der Waals surface area contributed by atoms with Crippen molar-refractivity contribution in [2.24, 2.45) is 0 Å². The van der Waals surface area contributed by atoms with Crippen LogP contribution in [0.3, 0.4) is 0 Å². The second-order valence-electron chi connectivity index (χ2n) is 7.27. The van der Waals surface area contributed by atoms with Crippen LogP contribution in [0.5, 0.6) is 0 Å². The number of halogens is 2. The van der Waals surface area contributed by atoms with Gasteiger partial charge in [0.05, 0.1) is 21.9 Å². The summed E-state index contributed by atoms with van der Waals surface area (Å²) in [6, 6.07) is 11.0. The molecule has 0 bridgehead atoms. The molecule has 7 nitrogen and oxygen atoms in total. The fourth-order valence-corrected chi connectivity index (χ4v) is 5.62. The van der Waals surface area contributed by atoms with Crippen molar-refractivity contribution in [2.45, 2.75) is 24.3 Å². The lowest BCUT2D eigenvalue weighted by molar-refractivity contribution is -0.118. The summed E-state index contributed by atoms with van der Waals surface area (Å²) in [5.74, 6) is -1.58. The molecule has 172 valence electrons. The third-order valence-corrected chi connectivity index (χ3v) is 7.84. The second kappa shape index (κ2) is 9.75. The lowest BCUT2D eigenvalue weighted by atomic mass is 10.3. The van der Waals surface area contributed by atoms with Gasteiger partial charge < -0.3 is 0 Å². The Morgan fingerprint density at radius 1 is 1.09 bits per heavy atom. The van der Waals surface area contributed by atoms with E-state index in [1.165, 1.54) is 34.4 Å². The Balaban J connectivity index is 1.48. The largest absolute Gasteiger partial charge is 0.286 e. The Hall–Kier alpha value is -3.18. The number of nitrogens with zero attached hydrogens (tertiary/aromatic N) is 4. The minimum absolute atomic E-state index is 0.00790. The van der Waals surface area contributed by atoms with Gasteiger partial charge in [-0.15, -0.1) is 0 Å². The fourth-order valence-electron chi connectivity index (χ4n) is 3.29. The SMILES string of the molecule is O=C(CCCS(=O)(=O)c1ccc(F)cc1)N(CCn1cccn1)c1nc2c(F)cccc2s1. The van der Waals surface area contributed by atoms with Crippen molar-refractivity contribution in [3.05, 3.63) is 72.6 Å². The Labute approximate surface area is 193 Å². The number of para-hydroxylation sites is 1. The van der Waals surface area contributed by atoms with Crippen LogP contribution in [0.4, 0.5) is 13.9 Å². The van der Waals surface area contributed by atoms with E-state index < -0.39 is 21.5 Å². The van der Waals surface area contributed by atoms with Gasteiger partial charge in [-0.25, -0.2) is 22.2 Å². The molecular formula is C22H20F2N4O3S2. The Morgan fingerprint density at radius 3 is 2.58 bits per heavy atom. The lowest BCUT2D eigenvalue weighted by Gasteiger charge is -2.20. The first-order valence-corrected chi connectivity index (χ1v) is 12.6. The van der Waals surface area contributed by atoms with E-state index >= 15 is 0 Å². The minimum Gasteiger partial charge on any atom is -0.286 e. The smallest absolute Gasteiger partial charge is 0.228 e. The van der Waals surface area contributed by atoms with E-state index in [1.54, 1.807) is 35.3 Å². The second-order valence-corrected chi connectivity index (χ2v) is 10.4. The Bertz CT molecular complexity index is 1350. The molecule has 1 amide bonds. The molecule has 0 aliphatic heterocycles. The molecule has 2 heterocycles. The van der Waals surface area contributed by atoms with Crippen molar-refractivity contribution < 1.29 is 22.0 Å². The number of rotatable bonds is 9. The highest BCUT2D eigenvalue weighted by Crippen LogP contribution is 2.30. The minimum atomic E-state index is -3.65. The number of hydrogen-bond donors (Lipinski definition) is 0. The quantitative estimate of drug-likeness (QED) is 0.331. The number of amides is 1. The summed E-state index contributed by atoms with van der Waals surface area (Å²) in [7, 11) is -3.65. The maximum absolute atomic E-state index is 14.1. The number of carbonyl (C=O) groups is 1. The molecule has 11 heteroatoms. The van der Waals surface area contributed by atoms with Gasteiger partial charge in [-0.2, -0.15) is 5.10 Å². The van der Waals surface area contributed by atoms with Crippen LogP contribution < -0.4 is 4.90 Å². The molecule has 0 saturated heterocycles. The van der Waals surface area contributed by atoms with Gasteiger partial charge in [-0.3, -0.25) is 14.4 Å².